The maximum Gasteiger partial charge on any atom is 0.00437 e. The molecule has 0 aliphatic rings. The number of H-pyrrole nitrogens is 1. The van der Waals surface area contributed by atoms with Crippen molar-refractivity contribution in [2.45, 2.75) is 32.1 Å². The highest BCUT2D eigenvalue weighted by Gasteiger charge is 2.19. The van der Waals surface area contributed by atoms with E-state index in [0.29, 0.717) is 0 Å². The van der Waals surface area contributed by atoms with Gasteiger partial charge in [-0.15, -0.1) is 0 Å². The zero-order valence-corrected chi connectivity index (χ0v) is 9.84. The fourth-order valence-corrected chi connectivity index (χ4v) is 1.64. The number of aromatic nitrogens is 1. The van der Waals surface area contributed by atoms with Crippen LogP contribution in [0.25, 0.3) is 0 Å². The van der Waals surface area contributed by atoms with Gasteiger partial charge in [0.2, 0.25) is 0 Å². The van der Waals surface area contributed by atoms with E-state index in [4.69, 9.17) is 5.73 Å². The fraction of sp³-hybridized carbons (Fsp3) is 0.667. The topological polar surface area (TPSA) is 53.8 Å². The molecule has 86 valence electrons. The molecule has 1 rings (SSSR count). The van der Waals surface area contributed by atoms with Gasteiger partial charge >= 0.3 is 0 Å². The van der Waals surface area contributed by atoms with Crippen molar-refractivity contribution >= 4 is 0 Å². The van der Waals surface area contributed by atoms with Gasteiger partial charge < -0.3 is 16.0 Å². The highest BCUT2D eigenvalue weighted by atomic mass is 14.9. The minimum absolute atomic E-state index is 0.197. The standard InChI is InChI=1S/C12H23N3/c1-12(2,11-5-8-14-9-11)10-15-7-4-3-6-13/h5,8-9,14-15H,3-4,6-7,10,13H2,1-2H3. The average Bonchev–Trinajstić information content (AvgIpc) is 2.70. The maximum absolute atomic E-state index is 5.44. The SMILES string of the molecule is CC(C)(CNCCCCN)c1cc[nH]c1. The smallest absolute Gasteiger partial charge is 0.00437 e. The molecule has 0 saturated heterocycles. The Bertz CT molecular complexity index is 252. The summed E-state index contributed by atoms with van der Waals surface area (Å²) in [5.41, 5.74) is 6.99. The van der Waals surface area contributed by atoms with Crippen LogP contribution in [0.5, 0.6) is 0 Å². The maximum atomic E-state index is 5.44. The van der Waals surface area contributed by atoms with Crippen LogP contribution in [0.4, 0.5) is 0 Å². The summed E-state index contributed by atoms with van der Waals surface area (Å²) in [5.74, 6) is 0. The summed E-state index contributed by atoms with van der Waals surface area (Å²) in [5, 5.41) is 3.48. The number of hydrogen-bond acceptors (Lipinski definition) is 2. The van der Waals surface area contributed by atoms with E-state index >= 15 is 0 Å². The van der Waals surface area contributed by atoms with Gasteiger partial charge in [0.25, 0.3) is 0 Å². The van der Waals surface area contributed by atoms with Gasteiger partial charge in [-0.3, -0.25) is 0 Å². The van der Waals surface area contributed by atoms with Crippen LogP contribution in [0, 0.1) is 0 Å². The lowest BCUT2D eigenvalue weighted by molar-refractivity contribution is 0.464. The monoisotopic (exact) mass is 209 g/mol. The Hall–Kier alpha value is -0.800. The minimum Gasteiger partial charge on any atom is -0.367 e. The molecule has 1 aromatic heterocycles. The summed E-state index contributed by atoms with van der Waals surface area (Å²) < 4.78 is 0. The van der Waals surface area contributed by atoms with Gasteiger partial charge in [0, 0.05) is 24.4 Å². The predicted octanol–water partition coefficient (Wildman–Crippen LogP) is 1.62. The zero-order chi connectivity index (χ0) is 11.1. The van der Waals surface area contributed by atoms with Crippen LogP contribution in [-0.2, 0) is 5.41 Å². The fourth-order valence-electron chi connectivity index (χ4n) is 1.64. The third-order valence-corrected chi connectivity index (χ3v) is 2.75. The lowest BCUT2D eigenvalue weighted by atomic mass is 9.86. The Kier molecular flexibility index (Phi) is 4.85. The average molecular weight is 209 g/mol. The Morgan fingerprint density at radius 3 is 2.80 bits per heavy atom. The molecule has 0 aliphatic carbocycles. The number of nitrogens with two attached hydrogens (primary N) is 1. The summed E-state index contributed by atoms with van der Waals surface area (Å²) in [6, 6.07) is 2.14. The van der Waals surface area contributed by atoms with Crippen molar-refractivity contribution in [1.29, 1.82) is 0 Å². The number of rotatable bonds is 7. The number of nitrogens with one attached hydrogen (secondary N) is 2. The third-order valence-electron chi connectivity index (χ3n) is 2.75. The molecule has 0 atom stereocenters. The molecule has 0 saturated carbocycles. The molecule has 0 spiro atoms. The van der Waals surface area contributed by atoms with Crippen molar-refractivity contribution in [2.24, 2.45) is 5.73 Å². The molecule has 3 nitrogen and oxygen atoms in total. The van der Waals surface area contributed by atoms with Gasteiger partial charge in [-0.2, -0.15) is 0 Å². The van der Waals surface area contributed by atoms with Crippen LogP contribution in [0.3, 0.4) is 0 Å². The lowest BCUT2D eigenvalue weighted by Gasteiger charge is -2.24. The van der Waals surface area contributed by atoms with Gasteiger partial charge in [0.15, 0.2) is 0 Å². The van der Waals surface area contributed by atoms with E-state index in [1.165, 1.54) is 12.0 Å². The molecule has 0 radical (unpaired) electrons. The molecule has 0 bridgehead atoms. The van der Waals surface area contributed by atoms with Crippen molar-refractivity contribution in [1.82, 2.24) is 10.3 Å². The van der Waals surface area contributed by atoms with E-state index in [1.54, 1.807) is 0 Å². The Labute approximate surface area is 92.4 Å². The summed E-state index contributed by atoms with van der Waals surface area (Å²) in [6.45, 7) is 7.38. The highest BCUT2D eigenvalue weighted by molar-refractivity contribution is 5.20. The molecule has 4 N–H and O–H groups in total. The van der Waals surface area contributed by atoms with Gasteiger partial charge in [0.1, 0.15) is 0 Å². The van der Waals surface area contributed by atoms with E-state index in [-0.39, 0.29) is 5.41 Å². The summed E-state index contributed by atoms with van der Waals surface area (Å²) >= 11 is 0. The van der Waals surface area contributed by atoms with Crippen LogP contribution in [-0.4, -0.2) is 24.6 Å². The normalized spacial score (nSPS) is 11.9. The van der Waals surface area contributed by atoms with Crippen LogP contribution >= 0.6 is 0 Å². The number of hydrogen-bond donors (Lipinski definition) is 3. The second-order valence-electron chi connectivity index (χ2n) is 4.66. The molecular weight excluding hydrogens is 186 g/mol. The van der Waals surface area contributed by atoms with Crippen LogP contribution in [0.1, 0.15) is 32.3 Å². The molecule has 15 heavy (non-hydrogen) atoms. The Balaban J connectivity index is 2.25. The van der Waals surface area contributed by atoms with Crippen molar-refractivity contribution in [2.75, 3.05) is 19.6 Å². The van der Waals surface area contributed by atoms with Crippen molar-refractivity contribution in [3.05, 3.63) is 24.0 Å². The van der Waals surface area contributed by atoms with Crippen LogP contribution in [0.2, 0.25) is 0 Å². The quantitative estimate of drug-likeness (QED) is 0.598. The van der Waals surface area contributed by atoms with Crippen molar-refractivity contribution in [3.63, 3.8) is 0 Å². The molecule has 1 aromatic rings. The van der Waals surface area contributed by atoms with Gasteiger partial charge in [-0.25, -0.2) is 0 Å². The van der Waals surface area contributed by atoms with E-state index in [9.17, 15) is 0 Å². The summed E-state index contributed by atoms with van der Waals surface area (Å²) in [6.07, 6.45) is 6.32. The predicted molar refractivity (Wildman–Crippen MR) is 65.0 cm³/mol. The summed E-state index contributed by atoms with van der Waals surface area (Å²) in [4.78, 5) is 3.10. The van der Waals surface area contributed by atoms with Crippen LogP contribution < -0.4 is 11.1 Å². The number of unbranched alkanes of at least 4 members (excludes halogenated alkanes) is 1. The number of aromatic amines is 1. The first-order chi connectivity index (χ1) is 7.17. The van der Waals surface area contributed by atoms with E-state index in [2.05, 4.69) is 36.4 Å². The molecule has 0 unspecified atom stereocenters. The molecule has 3 heteroatoms. The Morgan fingerprint density at radius 1 is 1.40 bits per heavy atom. The highest BCUT2D eigenvalue weighted by Crippen LogP contribution is 2.21. The largest absolute Gasteiger partial charge is 0.367 e. The van der Waals surface area contributed by atoms with E-state index in [1.807, 2.05) is 6.20 Å². The third kappa shape index (κ3) is 4.06. The molecule has 0 amide bonds. The zero-order valence-electron chi connectivity index (χ0n) is 9.84. The lowest BCUT2D eigenvalue weighted by Crippen LogP contribution is -2.33. The van der Waals surface area contributed by atoms with E-state index in [0.717, 1.165) is 26.1 Å². The molecule has 1 heterocycles. The van der Waals surface area contributed by atoms with Gasteiger partial charge in [-0.05, 0) is 37.6 Å². The molecule has 0 aliphatic heterocycles. The molecule has 0 fully saturated rings. The minimum atomic E-state index is 0.197. The second kappa shape index (κ2) is 5.93. The van der Waals surface area contributed by atoms with Crippen molar-refractivity contribution < 1.29 is 0 Å². The van der Waals surface area contributed by atoms with E-state index < -0.39 is 0 Å². The van der Waals surface area contributed by atoms with Gasteiger partial charge in [-0.1, -0.05) is 13.8 Å². The first kappa shape index (κ1) is 12.3. The molecular formula is C12H23N3. The molecule has 0 aromatic carbocycles. The van der Waals surface area contributed by atoms with Crippen molar-refractivity contribution in [3.8, 4) is 0 Å². The second-order valence-corrected chi connectivity index (χ2v) is 4.66. The van der Waals surface area contributed by atoms with Crippen LogP contribution in [0.15, 0.2) is 18.5 Å². The first-order valence-electron chi connectivity index (χ1n) is 5.71. The summed E-state index contributed by atoms with van der Waals surface area (Å²) in [7, 11) is 0. The Morgan fingerprint density at radius 2 is 2.20 bits per heavy atom. The first-order valence-corrected chi connectivity index (χ1v) is 5.71. The van der Waals surface area contributed by atoms with Gasteiger partial charge in [0.05, 0.1) is 0 Å².